The zero-order valence-corrected chi connectivity index (χ0v) is 6.81. The van der Waals surface area contributed by atoms with E-state index in [1.54, 1.807) is 0 Å². The molecule has 1 aliphatic rings. The topological polar surface area (TPSA) is 9.23 Å². The van der Waals surface area contributed by atoms with Gasteiger partial charge in [-0.1, -0.05) is 20.8 Å². The molecule has 9 heavy (non-hydrogen) atoms. The third-order valence-electron chi connectivity index (χ3n) is 1.39. The summed E-state index contributed by atoms with van der Waals surface area (Å²) < 4.78 is 5.18. The number of hydrogen-bond acceptors (Lipinski definition) is 1. The molecule has 0 amide bonds. The summed E-state index contributed by atoms with van der Waals surface area (Å²) in [6.45, 7) is 8.21. The standard InChI is InChI=1S/C6H12O.C2H6/c1-6-3-2-4-7-5-6;1-2/h6H,2-5H2,1H3;1-2H3/t6-;/m0./s1. The fourth-order valence-corrected chi connectivity index (χ4v) is 0.902. The van der Waals surface area contributed by atoms with Gasteiger partial charge in [-0.25, -0.2) is 0 Å². The van der Waals surface area contributed by atoms with E-state index >= 15 is 0 Å². The highest BCUT2D eigenvalue weighted by molar-refractivity contribution is 4.55. The lowest BCUT2D eigenvalue weighted by Crippen LogP contribution is -2.13. The average molecular weight is 130 g/mol. The van der Waals surface area contributed by atoms with Crippen molar-refractivity contribution in [2.75, 3.05) is 13.2 Å². The lowest BCUT2D eigenvalue weighted by atomic mass is 10.1. The molecule has 1 saturated heterocycles. The maximum absolute atomic E-state index is 5.18. The molecular weight excluding hydrogens is 112 g/mol. The zero-order chi connectivity index (χ0) is 7.11. The Morgan fingerprint density at radius 3 is 2.22 bits per heavy atom. The molecule has 0 aromatic rings. The van der Waals surface area contributed by atoms with Crippen LogP contribution in [0, 0.1) is 5.92 Å². The third kappa shape index (κ3) is 4.46. The van der Waals surface area contributed by atoms with Crippen LogP contribution in [0.1, 0.15) is 33.6 Å². The Morgan fingerprint density at radius 2 is 2.00 bits per heavy atom. The fraction of sp³-hybridized carbons (Fsp3) is 1.00. The van der Waals surface area contributed by atoms with Gasteiger partial charge in [0.05, 0.1) is 0 Å². The molecule has 1 fully saturated rings. The first-order chi connectivity index (χ1) is 4.39. The zero-order valence-electron chi connectivity index (χ0n) is 6.81. The minimum absolute atomic E-state index is 0.814. The molecule has 1 rings (SSSR count). The van der Waals surface area contributed by atoms with E-state index in [2.05, 4.69) is 6.92 Å². The van der Waals surface area contributed by atoms with Gasteiger partial charge in [0.2, 0.25) is 0 Å². The van der Waals surface area contributed by atoms with E-state index < -0.39 is 0 Å². The molecule has 0 N–H and O–H groups in total. The number of hydrogen-bond donors (Lipinski definition) is 0. The third-order valence-corrected chi connectivity index (χ3v) is 1.39. The summed E-state index contributed by atoms with van der Waals surface area (Å²) in [7, 11) is 0. The summed E-state index contributed by atoms with van der Waals surface area (Å²) in [5, 5.41) is 0. The quantitative estimate of drug-likeness (QED) is 0.489. The minimum Gasteiger partial charge on any atom is -0.381 e. The van der Waals surface area contributed by atoms with Crippen LogP contribution in [0.2, 0.25) is 0 Å². The Labute approximate surface area is 58.4 Å². The molecule has 0 aliphatic carbocycles. The van der Waals surface area contributed by atoms with Crippen LogP contribution in [-0.2, 0) is 4.74 Å². The molecule has 0 spiro atoms. The molecule has 1 atom stereocenters. The van der Waals surface area contributed by atoms with Crippen LogP contribution in [0.25, 0.3) is 0 Å². The Kier molecular flexibility index (Phi) is 6.06. The molecule has 56 valence electrons. The van der Waals surface area contributed by atoms with Crippen molar-refractivity contribution in [1.82, 2.24) is 0 Å². The van der Waals surface area contributed by atoms with Crippen LogP contribution in [0.4, 0.5) is 0 Å². The van der Waals surface area contributed by atoms with Gasteiger partial charge < -0.3 is 4.74 Å². The molecule has 1 nitrogen and oxygen atoms in total. The molecule has 0 radical (unpaired) electrons. The van der Waals surface area contributed by atoms with E-state index in [-0.39, 0.29) is 0 Å². The van der Waals surface area contributed by atoms with Gasteiger partial charge in [-0.15, -0.1) is 0 Å². The summed E-state index contributed by atoms with van der Waals surface area (Å²) in [6, 6.07) is 0. The molecule has 1 heteroatoms. The van der Waals surface area contributed by atoms with Crippen molar-refractivity contribution in [2.24, 2.45) is 5.92 Å². The average Bonchev–Trinajstić information content (AvgIpc) is 1.94. The molecular formula is C8H18O. The number of rotatable bonds is 0. The Bertz CT molecular complexity index is 46.5. The van der Waals surface area contributed by atoms with E-state index in [1.165, 1.54) is 12.8 Å². The second kappa shape index (κ2) is 6.09. The molecule has 0 bridgehead atoms. The first-order valence-electron chi connectivity index (χ1n) is 3.97. The van der Waals surface area contributed by atoms with Gasteiger partial charge in [-0.05, 0) is 18.8 Å². The van der Waals surface area contributed by atoms with Crippen molar-refractivity contribution in [3.8, 4) is 0 Å². The molecule has 0 aromatic heterocycles. The van der Waals surface area contributed by atoms with Crippen molar-refractivity contribution in [2.45, 2.75) is 33.6 Å². The van der Waals surface area contributed by atoms with Gasteiger partial charge in [-0.3, -0.25) is 0 Å². The van der Waals surface area contributed by atoms with Crippen LogP contribution >= 0.6 is 0 Å². The Hall–Kier alpha value is -0.0400. The Morgan fingerprint density at radius 1 is 1.33 bits per heavy atom. The van der Waals surface area contributed by atoms with Crippen molar-refractivity contribution in [1.29, 1.82) is 0 Å². The van der Waals surface area contributed by atoms with Crippen LogP contribution < -0.4 is 0 Å². The smallest absolute Gasteiger partial charge is 0.0491 e. The first kappa shape index (κ1) is 8.96. The van der Waals surface area contributed by atoms with E-state index in [9.17, 15) is 0 Å². The van der Waals surface area contributed by atoms with Crippen molar-refractivity contribution < 1.29 is 4.74 Å². The first-order valence-corrected chi connectivity index (χ1v) is 3.97. The summed E-state index contributed by atoms with van der Waals surface area (Å²) in [5.41, 5.74) is 0. The Balaban J connectivity index is 0.000000291. The fourth-order valence-electron chi connectivity index (χ4n) is 0.902. The summed E-state index contributed by atoms with van der Waals surface area (Å²) in [6.07, 6.45) is 2.63. The van der Waals surface area contributed by atoms with E-state index in [0.717, 1.165) is 19.1 Å². The van der Waals surface area contributed by atoms with Crippen LogP contribution in [0.3, 0.4) is 0 Å². The van der Waals surface area contributed by atoms with E-state index in [4.69, 9.17) is 4.74 Å². The second-order valence-electron chi connectivity index (χ2n) is 2.32. The van der Waals surface area contributed by atoms with Gasteiger partial charge in [0, 0.05) is 13.2 Å². The van der Waals surface area contributed by atoms with Crippen LogP contribution in [0.5, 0.6) is 0 Å². The summed E-state index contributed by atoms with van der Waals surface area (Å²) in [4.78, 5) is 0. The largest absolute Gasteiger partial charge is 0.381 e. The molecule has 0 saturated carbocycles. The normalized spacial score (nSPS) is 26.3. The predicted octanol–water partition coefficient (Wildman–Crippen LogP) is 2.46. The summed E-state index contributed by atoms with van der Waals surface area (Å²) >= 11 is 0. The van der Waals surface area contributed by atoms with E-state index in [1.807, 2.05) is 13.8 Å². The van der Waals surface area contributed by atoms with Gasteiger partial charge in [0.1, 0.15) is 0 Å². The van der Waals surface area contributed by atoms with Crippen LogP contribution in [-0.4, -0.2) is 13.2 Å². The van der Waals surface area contributed by atoms with E-state index in [0.29, 0.717) is 0 Å². The predicted molar refractivity (Wildman–Crippen MR) is 40.6 cm³/mol. The monoisotopic (exact) mass is 130 g/mol. The highest BCUT2D eigenvalue weighted by Crippen LogP contribution is 2.10. The van der Waals surface area contributed by atoms with Crippen LogP contribution in [0.15, 0.2) is 0 Å². The van der Waals surface area contributed by atoms with Gasteiger partial charge in [0.15, 0.2) is 0 Å². The summed E-state index contributed by atoms with van der Waals surface area (Å²) in [5.74, 6) is 0.814. The van der Waals surface area contributed by atoms with Gasteiger partial charge in [0.25, 0.3) is 0 Å². The van der Waals surface area contributed by atoms with Crippen molar-refractivity contribution in [3.05, 3.63) is 0 Å². The molecule has 0 aromatic carbocycles. The maximum Gasteiger partial charge on any atom is 0.0491 e. The molecule has 0 unspecified atom stereocenters. The van der Waals surface area contributed by atoms with Crippen molar-refractivity contribution >= 4 is 0 Å². The lowest BCUT2D eigenvalue weighted by molar-refractivity contribution is 0.0616. The highest BCUT2D eigenvalue weighted by Gasteiger charge is 2.06. The molecule has 1 aliphatic heterocycles. The van der Waals surface area contributed by atoms with Crippen molar-refractivity contribution in [3.63, 3.8) is 0 Å². The van der Waals surface area contributed by atoms with Gasteiger partial charge >= 0.3 is 0 Å². The lowest BCUT2D eigenvalue weighted by Gasteiger charge is -2.16. The van der Waals surface area contributed by atoms with Gasteiger partial charge in [-0.2, -0.15) is 0 Å². The minimum atomic E-state index is 0.814. The SMILES string of the molecule is CC.C[C@H]1CCCOC1. The highest BCUT2D eigenvalue weighted by atomic mass is 16.5. The second-order valence-corrected chi connectivity index (χ2v) is 2.32. The number of ether oxygens (including phenoxy) is 1. The maximum atomic E-state index is 5.18. The molecule has 1 heterocycles.